The first-order chi connectivity index (χ1) is 9.69. The number of hydrogen-bond donors (Lipinski definition) is 3. The minimum Gasteiger partial charge on any atom is -0.355 e. The molecule has 112 valence electrons. The van der Waals surface area contributed by atoms with Gasteiger partial charge in [-0.1, -0.05) is 13.8 Å². The van der Waals surface area contributed by atoms with Gasteiger partial charge in [-0.15, -0.1) is 11.3 Å². The van der Waals surface area contributed by atoms with E-state index >= 15 is 0 Å². The number of carbonyl (C=O) groups is 1. The number of aliphatic imine (C=N–C) groups is 1. The highest BCUT2D eigenvalue weighted by atomic mass is 32.1. The lowest BCUT2D eigenvalue weighted by Crippen LogP contribution is -2.43. The second kappa shape index (κ2) is 9.30. The number of hydrogen-bond acceptors (Lipinski definition) is 4. The highest BCUT2D eigenvalue weighted by molar-refractivity contribution is 7.11. The molecule has 0 bridgehead atoms. The van der Waals surface area contributed by atoms with Crippen molar-refractivity contribution < 1.29 is 4.79 Å². The van der Waals surface area contributed by atoms with Crippen molar-refractivity contribution in [2.75, 3.05) is 20.1 Å². The van der Waals surface area contributed by atoms with Gasteiger partial charge in [0.2, 0.25) is 5.91 Å². The van der Waals surface area contributed by atoms with E-state index in [1.165, 1.54) is 4.88 Å². The van der Waals surface area contributed by atoms with Crippen LogP contribution < -0.4 is 16.0 Å². The summed E-state index contributed by atoms with van der Waals surface area (Å²) >= 11 is 1.69. The smallest absolute Gasteiger partial charge is 0.239 e. The Morgan fingerprint density at radius 2 is 2.15 bits per heavy atom. The summed E-state index contributed by atoms with van der Waals surface area (Å²) < 4.78 is 0. The molecule has 1 aromatic rings. The number of carbonyl (C=O) groups excluding carboxylic acids is 1. The van der Waals surface area contributed by atoms with Crippen molar-refractivity contribution >= 4 is 23.2 Å². The van der Waals surface area contributed by atoms with E-state index in [0.29, 0.717) is 19.0 Å². The molecule has 0 aliphatic heterocycles. The Hall–Kier alpha value is -1.63. The Kier molecular flexibility index (Phi) is 7.64. The first-order valence-corrected chi connectivity index (χ1v) is 7.66. The quantitative estimate of drug-likeness (QED) is 0.516. The fraction of sp³-hybridized carbons (Fsp3) is 0.615. The van der Waals surface area contributed by atoms with Crippen LogP contribution in [-0.2, 0) is 17.8 Å². The molecule has 0 saturated carbocycles. The summed E-state index contributed by atoms with van der Waals surface area (Å²) in [5.41, 5.74) is 0. The van der Waals surface area contributed by atoms with Crippen molar-refractivity contribution in [3.63, 3.8) is 0 Å². The van der Waals surface area contributed by atoms with Gasteiger partial charge in [0.25, 0.3) is 0 Å². The van der Waals surface area contributed by atoms with Gasteiger partial charge in [-0.3, -0.25) is 9.79 Å². The van der Waals surface area contributed by atoms with Crippen molar-refractivity contribution in [2.24, 2.45) is 4.99 Å². The zero-order valence-corrected chi connectivity index (χ0v) is 13.1. The Balaban J connectivity index is 2.31. The predicted molar refractivity (Wildman–Crippen MR) is 83.0 cm³/mol. The Bertz CT molecular complexity index is 444. The molecule has 6 nitrogen and oxygen atoms in total. The third-order valence-corrected chi connectivity index (χ3v) is 3.71. The Labute approximate surface area is 124 Å². The standard InChI is InChI=1S/C13H23N5OS/c1-4-6-15-11(19)8-17-13(14-3)18-9-12-16-7-10(5-2)20-12/h7H,4-6,8-9H2,1-3H3,(H,15,19)(H2,14,17,18). The van der Waals surface area contributed by atoms with Gasteiger partial charge in [0.1, 0.15) is 5.01 Å². The lowest BCUT2D eigenvalue weighted by Gasteiger charge is -2.10. The number of amides is 1. The van der Waals surface area contributed by atoms with Crippen LogP contribution in [0.3, 0.4) is 0 Å². The fourth-order valence-corrected chi connectivity index (χ4v) is 2.27. The molecule has 0 atom stereocenters. The van der Waals surface area contributed by atoms with Gasteiger partial charge < -0.3 is 16.0 Å². The van der Waals surface area contributed by atoms with Gasteiger partial charge in [0, 0.05) is 24.7 Å². The second-order valence-electron chi connectivity index (χ2n) is 4.20. The highest BCUT2D eigenvalue weighted by Gasteiger charge is 2.04. The Morgan fingerprint density at radius 3 is 2.75 bits per heavy atom. The van der Waals surface area contributed by atoms with Crippen LogP contribution in [-0.4, -0.2) is 37.0 Å². The SMILES string of the molecule is CCCNC(=O)CNC(=NC)NCc1ncc(CC)s1. The molecule has 1 rings (SSSR count). The van der Waals surface area contributed by atoms with Crippen molar-refractivity contribution in [1.29, 1.82) is 0 Å². The van der Waals surface area contributed by atoms with Crippen molar-refractivity contribution in [2.45, 2.75) is 33.2 Å². The Morgan fingerprint density at radius 1 is 1.35 bits per heavy atom. The zero-order valence-electron chi connectivity index (χ0n) is 12.3. The van der Waals surface area contributed by atoms with Gasteiger partial charge in [0.15, 0.2) is 5.96 Å². The zero-order chi connectivity index (χ0) is 14.8. The predicted octanol–water partition coefficient (Wildman–Crippen LogP) is 0.897. The summed E-state index contributed by atoms with van der Waals surface area (Å²) in [6, 6.07) is 0. The number of aromatic nitrogens is 1. The molecule has 20 heavy (non-hydrogen) atoms. The summed E-state index contributed by atoms with van der Waals surface area (Å²) in [6.45, 7) is 5.66. The van der Waals surface area contributed by atoms with Gasteiger partial charge in [0.05, 0.1) is 13.1 Å². The van der Waals surface area contributed by atoms with Crippen LogP contribution in [0, 0.1) is 0 Å². The van der Waals surface area contributed by atoms with E-state index in [1.807, 2.05) is 13.1 Å². The molecule has 0 fully saturated rings. The maximum absolute atomic E-state index is 11.5. The van der Waals surface area contributed by atoms with Gasteiger partial charge in [-0.05, 0) is 12.8 Å². The van der Waals surface area contributed by atoms with Crippen LogP contribution in [0.1, 0.15) is 30.2 Å². The molecule has 0 spiro atoms. The molecule has 0 radical (unpaired) electrons. The number of thiazole rings is 1. The summed E-state index contributed by atoms with van der Waals surface area (Å²) in [6.07, 6.45) is 3.83. The van der Waals surface area contributed by atoms with Crippen molar-refractivity contribution in [3.8, 4) is 0 Å². The van der Waals surface area contributed by atoms with E-state index in [0.717, 1.165) is 17.8 Å². The van der Waals surface area contributed by atoms with E-state index < -0.39 is 0 Å². The normalized spacial score (nSPS) is 11.2. The van der Waals surface area contributed by atoms with Crippen LogP contribution in [0.4, 0.5) is 0 Å². The summed E-state index contributed by atoms with van der Waals surface area (Å²) in [4.78, 5) is 21.1. The molecule has 0 aliphatic carbocycles. The lowest BCUT2D eigenvalue weighted by atomic mass is 10.4. The first-order valence-electron chi connectivity index (χ1n) is 6.84. The maximum Gasteiger partial charge on any atom is 0.239 e. The van der Waals surface area contributed by atoms with E-state index in [4.69, 9.17) is 0 Å². The molecule has 1 amide bonds. The first kappa shape index (κ1) is 16.4. The third-order valence-electron chi connectivity index (χ3n) is 2.57. The number of nitrogens with zero attached hydrogens (tertiary/aromatic N) is 2. The van der Waals surface area contributed by atoms with E-state index in [2.05, 4.69) is 32.9 Å². The summed E-state index contributed by atoms with van der Waals surface area (Å²) in [5.74, 6) is 0.571. The molecule has 0 unspecified atom stereocenters. The van der Waals surface area contributed by atoms with Crippen molar-refractivity contribution in [3.05, 3.63) is 16.1 Å². The van der Waals surface area contributed by atoms with Crippen LogP contribution in [0.2, 0.25) is 0 Å². The minimum absolute atomic E-state index is 0.0303. The average molecular weight is 297 g/mol. The molecule has 3 N–H and O–H groups in total. The monoisotopic (exact) mass is 297 g/mol. The van der Waals surface area contributed by atoms with E-state index in [-0.39, 0.29) is 12.5 Å². The molecule has 7 heteroatoms. The van der Waals surface area contributed by atoms with Crippen LogP contribution >= 0.6 is 11.3 Å². The molecule has 1 heterocycles. The summed E-state index contributed by atoms with van der Waals surface area (Å²) in [5, 5.41) is 9.93. The highest BCUT2D eigenvalue weighted by Crippen LogP contribution is 2.12. The molecule has 0 aromatic carbocycles. The number of rotatable bonds is 7. The summed E-state index contributed by atoms with van der Waals surface area (Å²) in [7, 11) is 1.68. The number of nitrogens with one attached hydrogen (secondary N) is 3. The van der Waals surface area contributed by atoms with E-state index in [9.17, 15) is 4.79 Å². The van der Waals surface area contributed by atoms with Gasteiger partial charge in [-0.25, -0.2) is 4.98 Å². The largest absolute Gasteiger partial charge is 0.355 e. The number of aryl methyl sites for hydroxylation is 1. The molecular weight excluding hydrogens is 274 g/mol. The minimum atomic E-state index is -0.0303. The fourth-order valence-electron chi connectivity index (χ4n) is 1.46. The number of guanidine groups is 1. The molecule has 1 aromatic heterocycles. The van der Waals surface area contributed by atoms with Crippen LogP contribution in [0.5, 0.6) is 0 Å². The van der Waals surface area contributed by atoms with Crippen molar-refractivity contribution in [1.82, 2.24) is 20.9 Å². The lowest BCUT2D eigenvalue weighted by molar-refractivity contribution is -0.120. The maximum atomic E-state index is 11.5. The van der Waals surface area contributed by atoms with Crippen LogP contribution in [0.15, 0.2) is 11.2 Å². The third kappa shape index (κ3) is 6.01. The topological polar surface area (TPSA) is 78.4 Å². The van der Waals surface area contributed by atoms with Crippen LogP contribution in [0.25, 0.3) is 0 Å². The van der Waals surface area contributed by atoms with Gasteiger partial charge >= 0.3 is 0 Å². The second-order valence-corrected chi connectivity index (χ2v) is 5.40. The van der Waals surface area contributed by atoms with E-state index in [1.54, 1.807) is 18.4 Å². The molecular formula is C13H23N5OS. The average Bonchev–Trinajstić information content (AvgIpc) is 2.93. The van der Waals surface area contributed by atoms with Gasteiger partial charge in [-0.2, -0.15) is 0 Å². The molecule has 0 aliphatic rings. The molecule has 0 saturated heterocycles.